The van der Waals surface area contributed by atoms with Crippen LogP contribution in [0.2, 0.25) is 25.7 Å². The van der Waals surface area contributed by atoms with Crippen LogP contribution < -0.4 is 0 Å². The maximum atomic E-state index is 5.64. The molecule has 0 aliphatic heterocycles. The molecule has 0 aliphatic carbocycles. The van der Waals surface area contributed by atoms with Crippen molar-refractivity contribution in [1.29, 1.82) is 0 Å². The quantitative estimate of drug-likeness (QED) is 0.541. The van der Waals surface area contributed by atoms with Crippen LogP contribution in [0, 0.1) is 0 Å². The van der Waals surface area contributed by atoms with Gasteiger partial charge >= 0.3 is 0 Å². The molecule has 0 N–H and O–H groups in total. The molecule has 0 fully saturated rings. The van der Waals surface area contributed by atoms with Gasteiger partial charge in [-0.15, -0.1) is 0 Å². The van der Waals surface area contributed by atoms with E-state index in [4.69, 9.17) is 4.74 Å². The second-order valence-corrected chi connectivity index (χ2v) is 11.1. The van der Waals surface area contributed by atoms with E-state index >= 15 is 0 Å². The van der Waals surface area contributed by atoms with Crippen molar-refractivity contribution >= 4 is 8.07 Å². The van der Waals surface area contributed by atoms with Crippen LogP contribution in [0.3, 0.4) is 0 Å². The van der Waals surface area contributed by atoms with E-state index in [1.165, 1.54) is 6.04 Å². The topological polar surface area (TPSA) is 27.1 Å². The van der Waals surface area contributed by atoms with E-state index in [0.717, 1.165) is 25.1 Å². The Morgan fingerprint density at radius 1 is 1.38 bits per heavy atom. The van der Waals surface area contributed by atoms with Crippen LogP contribution in [-0.2, 0) is 17.9 Å². The van der Waals surface area contributed by atoms with Crippen LogP contribution in [0.1, 0.15) is 19.0 Å². The molecule has 0 aromatic carbocycles. The number of hydrogen-bond acceptors (Lipinski definition) is 2. The highest BCUT2D eigenvalue weighted by atomic mass is 28.3. The van der Waals surface area contributed by atoms with Gasteiger partial charge in [0.05, 0.1) is 12.0 Å². The summed E-state index contributed by atoms with van der Waals surface area (Å²) in [4.78, 5) is 4.33. The van der Waals surface area contributed by atoms with E-state index in [1.54, 1.807) is 0 Å². The molecule has 4 heteroatoms. The zero-order valence-electron chi connectivity index (χ0n) is 11.0. The van der Waals surface area contributed by atoms with E-state index in [0.29, 0.717) is 6.73 Å². The lowest BCUT2D eigenvalue weighted by molar-refractivity contribution is 0.0871. The molecular weight excluding hydrogens is 216 g/mol. The van der Waals surface area contributed by atoms with Crippen LogP contribution in [-0.4, -0.2) is 24.2 Å². The summed E-state index contributed by atoms with van der Waals surface area (Å²) >= 11 is 0. The standard InChI is InChI=1S/C12H24N2OSi/c1-5-6-12-9-14(10-13-12)11-15-7-8-16(2,3)4/h9-10H,5-8,11H2,1-4H3. The fraction of sp³-hybridized carbons (Fsp3) is 0.750. The number of aryl methyl sites for hydroxylation is 1. The molecule has 0 atom stereocenters. The minimum Gasteiger partial charge on any atom is -0.361 e. The highest BCUT2D eigenvalue weighted by molar-refractivity contribution is 6.76. The normalized spacial score (nSPS) is 12.0. The first-order valence-electron chi connectivity index (χ1n) is 6.09. The minimum atomic E-state index is -0.953. The highest BCUT2D eigenvalue weighted by Gasteiger charge is 2.11. The molecule has 0 saturated heterocycles. The van der Waals surface area contributed by atoms with Crippen molar-refractivity contribution in [3.63, 3.8) is 0 Å². The highest BCUT2D eigenvalue weighted by Crippen LogP contribution is 2.08. The first-order chi connectivity index (χ1) is 7.51. The minimum absolute atomic E-state index is 0.640. The maximum absolute atomic E-state index is 5.64. The fourth-order valence-corrected chi connectivity index (χ4v) is 2.17. The van der Waals surface area contributed by atoms with Crippen molar-refractivity contribution in [2.75, 3.05) is 6.61 Å². The summed E-state index contributed by atoms with van der Waals surface area (Å²) in [5, 5.41) is 0. The largest absolute Gasteiger partial charge is 0.361 e. The zero-order chi connectivity index (χ0) is 12.0. The second kappa shape index (κ2) is 6.20. The van der Waals surface area contributed by atoms with Crippen molar-refractivity contribution in [1.82, 2.24) is 9.55 Å². The molecule has 1 aromatic rings. The predicted octanol–water partition coefficient (Wildman–Crippen LogP) is 3.15. The lowest BCUT2D eigenvalue weighted by Gasteiger charge is -2.15. The molecule has 0 amide bonds. The lowest BCUT2D eigenvalue weighted by atomic mass is 10.3. The predicted molar refractivity (Wildman–Crippen MR) is 70.3 cm³/mol. The Balaban J connectivity index is 2.21. The van der Waals surface area contributed by atoms with Crippen LogP contribution in [0.15, 0.2) is 12.5 Å². The second-order valence-electron chi connectivity index (χ2n) is 5.48. The number of nitrogens with zero attached hydrogens (tertiary/aromatic N) is 2. The van der Waals surface area contributed by atoms with E-state index in [9.17, 15) is 0 Å². The summed E-state index contributed by atoms with van der Waals surface area (Å²) in [7, 11) is -0.953. The van der Waals surface area contributed by atoms with Crippen molar-refractivity contribution < 1.29 is 4.74 Å². The summed E-state index contributed by atoms with van der Waals surface area (Å²) < 4.78 is 7.67. The number of imidazole rings is 1. The Labute approximate surface area is 99.8 Å². The van der Waals surface area contributed by atoms with Crippen LogP contribution >= 0.6 is 0 Å². The Kier molecular flexibility index (Phi) is 5.22. The lowest BCUT2D eigenvalue weighted by Crippen LogP contribution is -2.21. The van der Waals surface area contributed by atoms with Crippen molar-refractivity contribution in [3.8, 4) is 0 Å². The van der Waals surface area contributed by atoms with Gasteiger partial charge in [0.2, 0.25) is 0 Å². The van der Waals surface area contributed by atoms with Crippen molar-refractivity contribution in [3.05, 3.63) is 18.2 Å². The van der Waals surface area contributed by atoms with Crippen LogP contribution in [0.25, 0.3) is 0 Å². The van der Waals surface area contributed by atoms with Crippen LogP contribution in [0.4, 0.5) is 0 Å². The van der Waals surface area contributed by atoms with Gasteiger partial charge in [0.1, 0.15) is 6.73 Å². The average Bonchev–Trinajstić information content (AvgIpc) is 2.60. The SMILES string of the molecule is CCCc1cn(COCC[Si](C)(C)C)cn1. The third kappa shape index (κ3) is 5.46. The smallest absolute Gasteiger partial charge is 0.123 e. The zero-order valence-corrected chi connectivity index (χ0v) is 12.0. The molecule has 16 heavy (non-hydrogen) atoms. The molecule has 0 bridgehead atoms. The van der Waals surface area contributed by atoms with E-state index < -0.39 is 8.07 Å². The summed E-state index contributed by atoms with van der Waals surface area (Å²) in [6.07, 6.45) is 6.15. The van der Waals surface area contributed by atoms with Crippen molar-refractivity contribution in [2.24, 2.45) is 0 Å². The fourth-order valence-electron chi connectivity index (χ4n) is 1.41. The van der Waals surface area contributed by atoms with Gasteiger partial charge < -0.3 is 9.30 Å². The molecule has 1 heterocycles. The van der Waals surface area contributed by atoms with Gasteiger partial charge in [-0.25, -0.2) is 4.98 Å². The van der Waals surface area contributed by atoms with Gasteiger partial charge in [0.15, 0.2) is 0 Å². The summed E-state index contributed by atoms with van der Waals surface area (Å²) in [5.41, 5.74) is 1.16. The van der Waals surface area contributed by atoms with Crippen LogP contribution in [0.5, 0.6) is 0 Å². The van der Waals surface area contributed by atoms with Gasteiger partial charge in [-0.3, -0.25) is 0 Å². The Hall–Kier alpha value is -0.613. The van der Waals surface area contributed by atoms with Gasteiger partial charge in [-0.1, -0.05) is 33.0 Å². The molecule has 0 aliphatic rings. The summed E-state index contributed by atoms with van der Waals surface area (Å²) in [6.45, 7) is 10.8. The molecule has 92 valence electrons. The molecule has 0 spiro atoms. The first-order valence-corrected chi connectivity index (χ1v) is 9.80. The number of ether oxygens (including phenoxy) is 1. The van der Waals surface area contributed by atoms with E-state index in [2.05, 4.69) is 37.7 Å². The Morgan fingerprint density at radius 2 is 2.12 bits per heavy atom. The van der Waals surface area contributed by atoms with E-state index in [-0.39, 0.29) is 0 Å². The molecule has 1 rings (SSSR count). The molecule has 1 aromatic heterocycles. The molecular formula is C12H24N2OSi. The first kappa shape index (κ1) is 13.5. The van der Waals surface area contributed by atoms with Crippen molar-refractivity contribution in [2.45, 2.75) is 52.2 Å². The maximum Gasteiger partial charge on any atom is 0.123 e. The third-order valence-corrected chi connectivity index (χ3v) is 4.13. The summed E-state index contributed by atoms with van der Waals surface area (Å²) in [5.74, 6) is 0. The van der Waals surface area contributed by atoms with Gasteiger partial charge in [0, 0.05) is 20.9 Å². The third-order valence-electron chi connectivity index (χ3n) is 2.43. The molecule has 0 saturated carbocycles. The number of rotatable bonds is 7. The molecule has 0 unspecified atom stereocenters. The average molecular weight is 240 g/mol. The van der Waals surface area contributed by atoms with E-state index in [1.807, 2.05) is 10.9 Å². The molecule has 0 radical (unpaired) electrons. The monoisotopic (exact) mass is 240 g/mol. The van der Waals surface area contributed by atoms with Gasteiger partial charge in [0.25, 0.3) is 0 Å². The molecule has 3 nitrogen and oxygen atoms in total. The number of aromatic nitrogens is 2. The number of hydrogen-bond donors (Lipinski definition) is 0. The van der Waals surface area contributed by atoms with Gasteiger partial charge in [-0.2, -0.15) is 0 Å². The Morgan fingerprint density at radius 3 is 2.75 bits per heavy atom. The summed E-state index contributed by atoms with van der Waals surface area (Å²) in [6, 6.07) is 1.23. The van der Waals surface area contributed by atoms with Gasteiger partial charge in [-0.05, 0) is 12.5 Å². The Bertz CT molecular complexity index is 304.